The zero-order valence-corrected chi connectivity index (χ0v) is 14.7. The quantitative estimate of drug-likeness (QED) is 0.467. The van der Waals surface area contributed by atoms with Gasteiger partial charge in [-0.3, -0.25) is 0 Å². The van der Waals surface area contributed by atoms with Gasteiger partial charge in [-0.2, -0.15) is 0 Å². The molecule has 4 aliphatic rings. The Balaban J connectivity index is 1.55. The summed E-state index contributed by atoms with van der Waals surface area (Å²) in [5.74, 6) is -0.553. The lowest BCUT2D eigenvalue weighted by molar-refractivity contribution is -0.152. The highest BCUT2D eigenvalue weighted by atomic mass is 16.7. The van der Waals surface area contributed by atoms with Gasteiger partial charge in [0.05, 0.1) is 17.9 Å². The first-order valence-corrected chi connectivity index (χ1v) is 8.92. The summed E-state index contributed by atoms with van der Waals surface area (Å²) in [4.78, 5) is 23.7. The highest BCUT2D eigenvalue weighted by Crippen LogP contribution is 2.58. The van der Waals surface area contributed by atoms with Gasteiger partial charge in [0.15, 0.2) is 0 Å². The Hall–Kier alpha value is -1.82. The van der Waals surface area contributed by atoms with Crippen LogP contribution in [0.3, 0.4) is 0 Å². The smallest absolute Gasteiger partial charge is 0.337 e. The average molecular weight is 348 g/mol. The zero-order valence-electron chi connectivity index (χ0n) is 14.7. The van der Waals surface area contributed by atoms with E-state index >= 15 is 0 Å². The van der Waals surface area contributed by atoms with E-state index in [-0.39, 0.29) is 41.3 Å². The van der Waals surface area contributed by atoms with Gasteiger partial charge in [0.2, 0.25) is 0 Å². The largest absolute Gasteiger partial charge is 0.458 e. The lowest BCUT2D eigenvalue weighted by Gasteiger charge is -2.44. The maximum Gasteiger partial charge on any atom is 0.337 e. The van der Waals surface area contributed by atoms with Crippen LogP contribution in [0.1, 0.15) is 40.0 Å². The molecule has 6 heteroatoms. The summed E-state index contributed by atoms with van der Waals surface area (Å²) in [6.07, 6.45) is 4.06. The SMILES string of the molecule is CC1=CC(O/C=C2/C(=O)OC3C2CC2C(O)CCC(C)(C)C23)OC1=O. The number of carbonyl (C=O) groups is 2. The van der Waals surface area contributed by atoms with Crippen molar-refractivity contribution in [1.82, 2.24) is 0 Å². The second-order valence-corrected chi connectivity index (χ2v) is 8.33. The van der Waals surface area contributed by atoms with Crippen molar-refractivity contribution in [2.24, 2.45) is 23.2 Å². The number of aliphatic hydroxyl groups excluding tert-OH is 1. The van der Waals surface area contributed by atoms with Crippen LogP contribution in [-0.4, -0.2) is 35.5 Å². The summed E-state index contributed by atoms with van der Waals surface area (Å²) in [6, 6.07) is 0. The molecule has 0 bridgehead atoms. The highest BCUT2D eigenvalue weighted by molar-refractivity contribution is 5.91. The van der Waals surface area contributed by atoms with Gasteiger partial charge in [-0.1, -0.05) is 13.8 Å². The number of esters is 2. The first-order valence-electron chi connectivity index (χ1n) is 8.92. The highest BCUT2D eigenvalue weighted by Gasteiger charge is 2.60. The van der Waals surface area contributed by atoms with Crippen molar-refractivity contribution in [2.45, 2.75) is 58.5 Å². The molecule has 25 heavy (non-hydrogen) atoms. The van der Waals surface area contributed by atoms with Crippen LogP contribution in [0.25, 0.3) is 0 Å². The summed E-state index contributed by atoms with van der Waals surface area (Å²) >= 11 is 0. The lowest BCUT2D eigenvalue weighted by atomic mass is 9.63. The minimum Gasteiger partial charge on any atom is -0.458 e. The third kappa shape index (κ3) is 2.58. The number of hydrogen-bond donors (Lipinski definition) is 1. The van der Waals surface area contributed by atoms with E-state index in [2.05, 4.69) is 13.8 Å². The van der Waals surface area contributed by atoms with Gasteiger partial charge in [-0.15, -0.1) is 0 Å². The molecule has 136 valence electrons. The van der Waals surface area contributed by atoms with Crippen LogP contribution >= 0.6 is 0 Å². The summed E-state index contributed by atoms with van der Waals surface area (Å²) in [6.45, 7) is 6.04. The Bertz CT molecular complexity index is 675. The summed E-state index contributed by atoms with van der Waals surface area (Å²) in [7, 11) is 0. The minimum absolute atomic E-state index is 0.0285. The van der Waals surface area contributed by atoms with Gasteiger partial charge in [0.25, 0.3) is 6.29 Å². The van der Waals surface area contributed by atoms with E-state index in [0.717, 1.165) is 19.3 Å². The van der Waals surface area contributed by atoms with Crippen LogP contribution in [-0.2, 0) is 23.8 Å². The summed E-state index contributed by atoms with van der Waals surface area (Å²) in [5.41, 5.74) is 1.00. The second-order valence-electron chi connectivity index (χ2n) is 8.33. The van der Waals surface area contributed by atoms with Gasteiger partial charge < -0.3 is 19.3 Å². The van der Waals surface area contributed by atoms with E-state index in [9.17, 15) is 14.7 Å². The lowest BCUT2D eigenvalue weighted by Crippen LogP contribution is -2.44. The Morgan fingerprint density at radius 1 is 1.28 bits per heavy atom. The van der Waals surface area contributed by atoms with Crippen molar-refractivity contribution >= 4 is 11.9 Å². The Labute approximate surface area is 146 Å². The van der Waals surface area contributed by atoms with E-state index in [1.54, 1.807) is 13.0 Å². The number of rotatable bonds is 2. The first kappa shape index (κ1) is 16.6. The van der Waals surface area contributed by atoms with Gasteiger partial charge in [0, 0.05) is 23.5 Å². The first-order chi connectivity index (χ1) is 11.8. The molecule has 3 fully saturated rings. The molecular weight excluding hydrogens is 324 g/mol. The van der Waals surface area contributed by atoms with E-state index in [1.165, 1.54) is 6.26 Å². The normalized spacial score (nSPS) is 43.4. The number of hydrogen-bond acceptors (Lipinski definition) is 6. The van der Waals surface area contributed by atoms with E-state index in [4.69, 9.17) is 14.2 Å². The Morgan fingerprint density at radius 2 is 2.04 bits per heavy atom. The fourth-order valence-corrected chi connectivity index (χ4v) is 5.04. The van der Waals surface area contributed by atoms with Crippen LogP contribution in [0.2, 0.25) is 0 Å². The molecule has 0 amide bonds. The molecule has 6 unspecified atom stereocenters. The molecule has 1 N–H and O–H groups in total. The maximum atomic E-state index is 12.3. The summed E-state index contributed by atoms with van der Waals surface area (Å²) in [5, 5.41) is 10.4. The van der Waals surface area contributed by atoms with Crippen molar-refractivity contribution in [3.63, 3.8) is 0 Å². The standard InChI is InChI=1S/C19H24O6/c1-9-6-14(24-17(9)21)23-8-12-10-7-11-13(20)4-5-19(2,3)15(11)16(10)25-18(12)22/h6,8,10-11,13-16,20H,4-5,7H2,1-3H3/b12-8+. The minimum atomic E-state index is -0.794. The molecule has 0 aromatic carbocycles. The predicted molar refractivity (Wildman–Crippen MR) is 86.8 cm³/mol. The van der Waals surface area contributed by atoms with Crippen molar-refractivity contribution in [3.05, 3.63) is 23.5 Å². The molecule has 0 aromatic heterocycles. The van der Waals surface area contributed by atoms with Crippen molar-refractivity contribution < 1.29 is 28.9 Å². The van der Waals surface area contributed by atoms with Crippen LogP contribution < -0.4 is 0 Å². The topological polar surface area (TPSA) is 82.1 Å². The number of cyclic esters (lactones) is 1. The monoisotopic (exact) mass is 348 g/mol. The fourth-order valence-electron chi connectivity index (χ4n) is 5.04. The number of fused-ring (bicyclic) bond motifs is 3. The number of ether oxygens (including phenoxy) is 3. The molecule has 0 radical (unpaired) electrons. The molecule has 2 heterocycles. The number of aliphatic hydroxyl groups is 1. The fraction of sp³-hybridized carbons (Fsp3) is 0.684. The summed E-state index contributed by atoms with van der Waals surface area (Å²) < 4.78 is 16.2. The van der Waals surface area contributed by atoms with Crippen LogP contribution in [0.5, 0.6) is 0 Å². The van der Waals surface area contributed by atoms with E-state index < -0.39 is 12.3 Å². The van der Waals surface area contributed by atoms with Gasteiger partial charge in [-0.25, -0.2) is 9.59 Å². The molecular formula is C19H24O6. The predicted octanol–water partition coefficient (Wildman–Crippen LogP) is 2.07. The molecule has 6 nitrogen and oxygen atoms in total. The maximum absolute atomic E-state index is 12.3. The van der Waals surface area contributed by atoms with Gasteiger partial charge >= 0.3 is 11.9 Å². The second kappa shape index (κ2) is 5.59. The Morgan fingerprint density at radius 3 is 2.72 bits per heavy atom. The van der Waals surface area contributed by atoms with Crippen molar-refractivity contribution in [2.75, 3.05) is 0 Å². The van der Waals surface area contributed by atoms with Crippen molar-refractivity contribution in [1.29, 1.82) is 0 Å². The molecule has 2 saturated carbocycles. The molecule has 2 aliphatic carbocycles. The van der Waals surface area contributed by atoms with Crippen LogP contribution in [0.4, 0.5) is 0 Å². The molecule has 0 spiro atoms. The van der Waals surface area contributed by atoms with Gasteiger partial charge in [0.1, 0.15) is 6.10 Å². The zero-order chi connectivity index (χ0) is 17.9. The molecule has 4 rings (SSSR count). The Kier molecular flexibility index (Phi) is 3.72. The average Bonchev–Trinajstić information content (AvgIpc) is 3.15. The molecule has 6 atom stereocenters. The third-order valence-electron chi connectivity index (χ3n) is 6.36. The third-order valence-corrected chi connectivity index (χ3v) is 6.36. The number of carbonyl (C=O) groups excluding carboxylic acids is 2. The van der Waals surface area contributed by atoms with Crippen molar-refractivity contribution in [3.8, 4) is 0 Å². The molecule has 1 saturated heterocycles. The van der Waals surface area contributed by atoms with Crippen LogP contribution in [0, 0.1) is 23.2 Å². The van der Waals surface area contributed by atoms with E-state index in [1.807, 2.05) is 0 Å². The molecule has 2 aliphatic heterocycles. The van der Waals surface area contributed by atoms with E-state index in [0.29, 0.717) is 11.1 Å². The van der Waals surface area contributed by atoms with Gasteiger partial charge in [-0.05, 0) is 37.5 Å². The molecule has 0 aromatic rings. The van der Waals surface area contributed by atoms with Crippen LogP contribution in [0.15, 0.2) is 23.5 Å².